The van der Waals surface area contributed by atoms with Crippen LogP contribution in [0.1, 0.15) is 53.9 Å². The Morgan fingerprint density at radius 2 is 1.76 bits per heavy atom. The number of hydrogen-bond donors (Lipinski definition) is 1. The Kier molecular flexibility index (Phi) is 5.23. The van der Waals surface area contributed by atoms with Crippen molar-refractivity contribution >= 4 is 8.32 Å². The van der Waals surface area contributed by atoms with Crippen molar-refractivity contribution in [1.29, 1.82) is 0 Å². The summed E-state index contributed by atoms with van der Waals surface area (Å²) in [5.74, 6) is 0.595. The first-order valence-corrected chi connectivity index (χ1v) is 9.49. The molecule has 0 heterocycles. The van der Waals surface area contributed by atoms with Crippen molar-refractivity contribution < 1.29 is 9.53 Å². The van der Waals surface area contributed by atoms with Crippen molar-refractivity contribution in [1.82, 2.24) is 0 Å². The lowest BCUT2D eigenvalue weighted by Gasteiger charge is -2.41. The second kappa shape index (κ2) is 5.85. The van der Waals surface area contributed by atoms with Gasteiger partial charge in [0.15, 0.2) is 8.32 Å². The molecule has 1 rings (SSSR count). The zero-order valence-corrected chi connectivity index (χ0v) is 13.3. The van der Waals surface area contributed by atoms with E-state index in [2.05, 4.69) is 34.6 Å². The van der Waals surface area contributed by atoms with Crippen LogP contribution in [0.25, 0.3) is 0 Å². The van der Waals surface area contributed by atoms with Crippen LogP contribution >= 0.6 is 0 Å². The van der Waals surface area contributed by atoms with Gasteiger partial charge in [-0.3, -0.25) is 0 Å². The average Bonchev–Trinajstić information content (AvgIpc) is 2.64. The lowest BCUT2D eigenvalue weighted by molar-refractivity contribution is 0.163. The van der Waals surface area contributed by atoms with Crippen LogP contribution in [0, 0.1) is 5.92 Å². The van der Waals surface area contributed by atoms with Gasteiger partial charge < -0.3 is 9.53 Å². The van der Waals surface area contributed by atoms with Gasteiger partial charge in [-0.1, -0.05) is 34.6 Å². The van der Waals surface area contributed by atoms with Gasteiger partial charge in [0.05, 0.1) is 6.10 Å². The van der Waals surface area contributed by atoms with Gasteiger partial charge in [0.2, 0.25) is 0 Å². The lowest BCUT2D eigenvalue weighted by atomic mass is 10.1. The molecule has 1 fully saturated rings. The Bertz CT molecular complexity index is 231. The third kappa shape index (κ3) is 3.55. The fraction of sp³-hybridized carbons (Fsp3) is 1.00. The van der Waals surface area contributed by atoms with Gasteiger partial charge in [-0.25, -0.2) is 0 Å². The SMILES string of the molecule is CC[Si](CC)(OC[C@H]1CC[C@H](O)C1)C(C)(C)C. The summed E-state index contributed by atoms with van der Waals surface area (Å²) >= 11 is 0. The summed E-state index contributed by atoms with van der Waals surface area (Å²) in [7, 11) is -1.62. The topological polar surface area (TPSA) is 29.5 Å². The molecule has 1 N–H and O–H groups in total. The van der Waals surface area contributed by atoms with Gasteiger partial charge in [0.25, 0.3) is 0 Å². The zero-order chi connectivity index (χ0) is 13.1. The highest BCUT2D eigenvalue weighted by molar-refractivity contribution is 6.76. The van der Waals surface area contributed by atoms with Gasteiger partial charge in [0, 0.05) is 6.61 Å². The Labute approximate surface area is 108 Å². The van der Waals surface area contributed by atoms with Crippen molar-refractivity contribution in [2.24, 2.45) is 5.92 Å². The monoisotopic (exact) mass is 258 g/mol. The van der Waals surface area contributed by atoms with Crippen LogP contribution in [-0.2, 0) is 4.43 Å². The van der Waals surface area contributed by atoms with Crippen molar-refractivity contribution in [3.05, 3.63) is 0 Å². The Balaban J connectivity index is 2.56. The first-order valence-electron chi connectivity index (χ1n) is 7.16. The van der Waals surface area contributed by atoms with E-state index in [-0.39, 0.29) is 6.10 Å². The predicted octanol–water partition coefficient (Wildman–Crippen LogP) is 3.95. The lowest BCUT2D eigenvalue weighted by Crippen LogP contribution is -2.46. The smallest absolute Gasteiger partial charge is 0.197 e. The van der Waals surface area contributed by atoms with Crippen LogP contribution in [0.3, 0.4) is 0 Å². The minimum atomic E-state index is -1.62. The van der Waals surface area contributed by atoms with Crippen LogP contribution in [0.15, 0.2) is 0 Å². The van der Waals surface area contributed by atoms with Crippen LogP contribution in [0.5, 0.6) is 0 Å². The molecule has 0 radical (unpaired) electrons. The molecule has 1 saturated carbocycles. The summed E-state index contributed by atoms with van der Waals surface area (Å²) in [4.78, 5) is 0. The molecule has 3 heteroatoms. The van der Waals surface area contributed by atoms with Crippen LogP contribution in [-0.4, -0.2) is 26.1 Å². The van der Waals surface area contributed by atoms with Gasteiger partial charge in [-0.15, -0.1) is 0 Å². The van der Waals surface area contributed by atoms with Crippen molar-refractivity contribution in [3.8, 4) is 0 Å². The number of rotatable bonds is 5. The molecule has 0 aromatic heterocycles. The molecule has 102 valence electrons. The highest BCUT2D eigenvalue weighted by Gasteiger charge is 2.43. The standard InChI is InChI=1S/C14H30O2Si/c1-6-17(7-2,14(3,4)5)16-11-12-8-9-13(15)10-12/h12-13,15H,6-11H2,1-5H3/t12-,13-/m0/s1. The first kappa shape index (κ1) is 15.2. The molecule has 0 bridgehead atoms. The molecule has 2 nitrogen and oxygen atoms in total. The van der Waals surface area contributed by atoms with E-state index in [4.69, 9.17) is 4.43 Å². The van der Waals surface area contributed by atoms with E-state index in [1.165, 1.54) is 12.1 Å². The van der Waals surface area contributed by atoms with Gasteiger partial charge in [0.1, 0.15) is 0 Å². The summed E-state index contributed by atoms with van der Waals surface area (Å²) in [5, 5.41) is 9.87. The molecule has 17 heavy (non-hydrogen) atoms. The normalized spacial score (nSPS) is 26.5. The number of hydrogen-bond acceptors (Lipinski definition) is 2. The Hall–Kier alpha value is 0.137. The molecule has 0 amide bonds. The molecule has 1 aliphatic carbocycles. The molecule has 2 atom stereocenters. The zero-order valence-electron chi connectivity index (χ0n) is 12.3. The summed E-state index contributed by atoms with van der Waals surface area (Å²) < 4.78 is 6.45. The maximum atomic E-state index is 9.56. The highest BCUT2D eigenvalue weighted by Crippen LogP contribution is 2.43. The summed E-state index contributed by atoms with van der Waals surface area (Å²) in [5.41, 5.74) is 0. The predicted molar refractivity (Wildman–Crippen MR) is 75.7 cm³/mol. The highest BCUT2D eigenvalue weighted by atomic mass is 28.4. The minimum absolute atomic E-state index is 0.0717. The quantitative estimate of drug-likeness (QED) is 0.757. The average molecular weight is 258 g/mol. The summed E-state index contributed by atoms with van der Waals surface area (Å²) in [6.45, 7) is 12.4. The fourth-order valence-corrected chi connectivity index (χ4v) is 7.23. The van der Waals surface area contributed by atoms with Crippen molar-refractivity contribution in [3.63, 3.8) is 0 Å². The molecular weight excluding hydrogens is 228 g/mol. The third-order valence-electron chi connectivity index (χ3n) is 4.62. The number of aliphatic hydroxyl groups is 1. The van der Waals surface area contributed by atoms with E-state index in [0.29, 0.717) is 11.0 Å². The largest absolute Gasteiger partial charge is 0.416 e. The van der Waals surface area contributed by atoms with E-state index >= 15 is 0 Å². The molecule has 0 aliphatic heterocycles. The van der Waals surface area contributed by atoms with Crippen LogP contribution < -0.4 is 0 Å². The van der Waals surface area contributed by atoms with E-state index in [9.17, 15) is 5.11 Å². The molecular formula is C14H30O2Si. The van der Waals surface area contributed by atoms with Crippen molar-refractivity contribution in [2.45, 2.75) is 77.1 Å². The summed E-state index contributed by atoms with van der Waals surface area (Å²) in [6, 6.07) is 2.39. The van der Waals surface area contributed by atoms with E-state index < -0.39 is 8.32 Å². The second-order valence-electron chi connectivity index (χ2n) is 6.60. The second-order valence-corrected chi connectivity index (χ2v) is 11.8. The first-order chi connectivity index (χ1) is 7.84. The van der Waals surface area contributed by atoms with Gasteiger partial charge >= 0.3 is 0 Å². The third-order valence-corrected chi connectivity index (χ3v) is 10.4. The maximum Gasteiger partial charge on any atom is 0.197 e. The number of aliphatic hydroxyl groups excluding tert-OH is 1. The minimum Gasteiger partial charge on any atom is -0.416 e. The maximum absolute atomic E-state index is 9.56. The molecule has 0 aromatic carbocycles. The van der Waals surface area contributed by atoms with Crippen LogP contribution in [0.4, 0.5) is 0 Å². The molecule has 1 aliphatic rings. The van der Waals surface area contributed by atoms with Crippen LogP contribution in [0.2, 0.25) is 17.1 Å². The molecule has 0 spiro atoms. The molecule has 0 saturated heterocycles. The van der Waals surface area contributed by atoms with Gasteiger partial charge in [-0.2, -0.15) is 0 Å². The van der Waals surface area contributed by atoms with E-state index in [0.717, 1.165) is 25.9 Å². The molecule has 0 unspecified atom stereocenters. The van der Waals surface area contributed by atoms with Crippen molar-refractivity contribution in [2.75, 3.05) is 6.61 Å². The summed E-state index contributed by atoms with van der Waals surface area (Å²) in [6.07, 6.45) is 2.99. The van der Waals surface area contributed by atoms with E-state index in [1.807, 2.05) is 0 Å². The van der Waals surface area contributed by atoms with E-state index in [1.54, 1.807) is 0 Å². The van der Waals surface area contributed by atoms with Gasteiger partial charge in [-0.05, 0) is 42.3 Å². The Morgan fingerprint density at radius 1 is 1.18 bits per heavy atom. The Morgan fingerprint density at radius 3 is 2.12 bits per heavy atom. The molecule has 0 aromatic rings. The fourth-order valence-electron chi connectivity index (χ4n) is 3.21.